The van der Waals surface area contributed by atoms with Gasteiger partial charge in [-0.1, -0.05) is 12.1 Å². The molecule has 1 aliphatic rings. The zero-order valence-electron chi connectivity index (χ0n) is 6.36. The van der Waals surface area contributed by atoms with Crippen molar-refractivity contribution in [2.24, 2.45) is 0 Å². The number of anilines is 2. The Morgan fingerprint density at radius 3 is 3.17 bits per heavy atom. The Hall–Kier alpha value is -1.16. The molecule has 4 heteroatoms. The zero-order chi connectivity index (χ0) is 8.39. The topological polar surface area (TPSA) is 32.3 Å². The molecule has 0 aromatic heterocycles. The summed E-state index contributed by atoms with van der Waals surface area (Å²) in [5.41, 5.74) is 1.95. The van der Waals surface area contributed by atoms with Crippen LogP contribution in [0.1, 0.15) is 0 Å². The number of benzene rings is 1. The molecule has 1 aliphatic heterocycles. The van der Waals surface area contributed by atoms with Crippen molar-refractivity contribution < 1.29 is 4.79 Å². The number of carbonyl (C=O) groups excluding carboxylic acids is 1. The van der Waals surface area contributed by atoms with Crippen LogP contribution in [-0.4, -0.2) is 12.3 Å². The van der Waals surface area contributed by atoms with Gasteiger partial charge in [-0.05, 0) is 24.1 Å². The maximum absolute atomic E-state index is 10.6. The van der Waals surface area contributed by atoms with Gasteiger partial charge in [-0.15, -0.1) is 0 Å². The molecule has 1 heterocycles. The minimum absolute atomic E-state index is 0.667. The second-order valence-electron chi connectivity index (χ2n) is 2.47. The van der Waals surface area contributed by atoms with E-state index < -0.39 is 0 Å². The molecule has 0 fully saturated rings. The average Bonchev–Trinajstić information content (AvgIpc) is 2.17. The lowest BCUT2D eigenvalue weighted by Crippen LogP contribution is -2.25. The van der Waals surface area contributed by atoms with Crippen LogP contribution in [0, 0.1) is 0 Å². The number of hydrogen-bond donors (Lipinski definition) is 1. The molecule has 0 atom stereocenters. The molecule has 0 saturated heterocycles. The smallest absolute Gasteiger partial charge is 0.215 e. The Balaban J connectivity index is 2.43. The summed E-state index contributed by atoms with van der Waals surface area (Å²) in [6.07, 6.45) is 0.854. The van der Waals surface area contributed by atoms with E-state index in [0.717, 1.165) is 17.8 Å². The largest absolute Gasteiger partial charge is 0.326 e. The fourth-order valence-electron chi connectivity index (χ4n) is 1.15. The lowest BCUT2D eigenvalue weighted by Gasteiger charge is -2.25. The van der Waals surface area contributed by atoms with Gasteiger partial charge in [0, 0.05) is 0 Å². The van der Waals surface area contributed by atoms with Crippen molar-refractivity contribution in [3.63, 3.8) is 0 Å². The minimum Gasteiger partial charge on any atom is -0.326 e. The molecule has 0 spiro atoms. The van der Waals surface area contributed by atoms with Gasteiger partial charge in [0.05, 0.1) is 17.3 Å². The molecule has 3 nitrogen and oxygen atoms in total. The normalized spacial score (nSPS) is 14.8. The molecule has 1 aromatic rings. The lowest BCUT2D eigenvalue weighted by atomic mass is 10.2. The Morgan fingerprint density at radius 2 is 2.33 bits per heavy atom. The second kappa shape index (κ2) is 3.06. The third kappa shape index (κ3) is 1.14. The highest BCUT2D eigenvalue weighted by Crippen LogP contribution is 2.31. The molecule has 0 unspecified atom stereocenters. The molecule has 1 aromatic carbocycles. The van der Waals surface area contributed by atoms with Crippen molar-refractivity contribution in [1.82, 2.24) is 0 Å². The standard InChI is InChI=1S/C8H8N2OS/c11-5-10-6-12-9-7-3-1-2-4-8(7)10/h1-5,9H,6H2. The van der Waals surface area contributed by atoms with Crippen LogP contribution in [0.2, 0.25) is 0 Å². The first-order chi connectivity index (χ1) is 5.92. The van der Waals surface area contributed by atoms with E-state index >= 15 is 0 Å². The number of amides is 1. The van der Waals surface area contributed by atoms with Crippen LogP contribution in [-0.2, 0) is 4.79 Å². The summed E-state index contributed by atoms with van der Waals surface area (Å²) in [6, 6.07) is 7.75. The highest BCUT2D eigenvalue weighted by Gasteiger charge is 2.14. The summed E-state index contributed by atoms with van der Waals surface area (Å²) in [5, 5.41) is 0. The minimum atomic E-state index is 0.667. The van der Waals surface area contributed by atoms with Gasteiger partial charge in [-0.25, -0.2) is 0 Å². The first-order valence-corrected chi connectivity index (χ1v) is 4.59. The second-order valence-corrected chi connectivity index (χ2v) is 3.22. The third-order valence-corrected chi connectivity index (χ3v) is 2.50. The fraction of sp³-hybridized carbons (Fsp3) is 0.125. The first-order valence-electron chi connectivity index (χ1n) is 3.60. The van der Waals surface area contributed by atoms with Crippen LogP contribution in [0.15, 0.2) is 24.3 Å². The summed E-state index contributed by atoms with van der Waals surface area (Å²) in [5.74, 6) is 0.667. The molecule has 0 radical (unpaired) electrons. The highest BCUT2D eigenvalue weighted by molar-refractivity contribution is 8.00. The fourth-order valence-corrected chi connectivity index (χ4v) is 1.88. The molecule has 1 N–H and O–H groups in total. The Labute approximate surface area is 74.9 Å². The van der Waals surface area contributed by atoms with Crippen molar-refractivity contribution in [3.8, 4) is 0 Å². The average molecular weight is 180 g/mol. The molecule has 0 saturated carbocycles. The number of fused-ring (bicyclic) bond motifs is 1. The Bertz CT molecular complexity index is 303. The van der Waals surface area contributed by atoms with Gasteiger partial charge >= 0.3 is 0 Å². The molecule has 0 aliphatic carbocycles. The quantitative estimate of drug-likeness (QED) is 0.527. The summed E-state index contributed by atoms with van der Waals surface area (Å²) in [6.45, 7) is 0. The summed E-state index contributed by atoms with van der Waals surface area (Å²) >= 11 is 1.51. The van der Waals surface area contributed by atoms with E-state index in [2.05, 4.69) is 4.72 Å². The van der Waals surface area contributed by atoms with E-state index in [4.69, 9.17) is 0 Å². The van der Waals surface area contributed by atoms with Crippen LogP contribution >= 0.6 is 11.9 Å². The van der Waals surface area contributed by atoms with Crippen LogP contribution in [0.25, 0.3) is 0 Å². The van der Waals surface area contributed by atoms with E-state index in [0.29, 0.717) is 5.88 Å². The molecule has 2 rings (SSSR count). The van der Waals surface area contributed by atoms with Gasteiger partial charge in [0.1, 0.15) is 0 Å². The van der Waals surface area contributed by atoms with Crippen molar-refractivity contribution in [3.05, 3.63) is 24.3 Å². The number of carbonyl (C=O) groups is 1. The molecule has 62 valence electrons. The van der Waals surface area contributed by atoms with Gasteiger partial charge in [0.15, 0.2) is 0 Å². The van der Waals surface area contributed by atoms with E-state index in [1.54, 1.807) is 4.90 Å². The summed E-state index contributed by atoms with van der Waals surface area (Å²) < 4.78 is 3.14. The molecule has 1 amide bonds. The molecular formula is C8H8N2OS. The maximum Gasteiger partial charge on any atom is 0.215 e. The van der Waals surface area contributed by atoms with Gasteiger partial charge in [-0.3, -0.25) is 4.79 Å². The van der Waals surface area contributed by atoms with Crippen molar-refractivity contribution in [1.29, 1.82) is 0 Å². The van der Waals surface area contributed by atoms with Crippen LogP contribution in [0.3, 0.4) is 0 Å². The van der Waals surface area contributed by atoms with E-state index in [1.165, 1.54) is 11.9 Å². The number of para-hydroxylation sites is 2. The number of nitrogens with one attached hydrogen (secondary N) is 1. The predicted octanol–water partition coefficient (Wildman–Crippen LogP) is 1.68. The highest BCUT2D eigenvalue weighted by atomic mass is 32.2. The number of hydrogen-bond acceptors (Lipinski definition) is 3. The van der Waals surface area contributed by atoms with E-state index in [1.807, 2.05) is 24.3 Å². The summed E-state index contributed by atoms with van der Waals surface area (Å²) in [4.78, 5) is 12.3. The van der Waals surface area contributed by atoms with Crippen LogP contribution in [0.5, 0.6) is 0 Å². The SMILES string of the molecule is O=CN1CSNc2ccccc21. The van der Waals surface area contributed by atoms with Crippen LogP contribution < -0.4 is 9.62 Å². The maximum atomic E-state index is 10.6. The van der Waals surface area contributed by atoms with Gasteiger partial charge < -0.3 is 9.62 Å². The monoisotopic (exact) mass is 180 g/mol. The third-order valence-electron chi connectivity index (χ3n) is 1.73. The Morgan fingerprint density at radius 1 is 1.50 bits per heavy atom. The molecule has 12 heavy (non-hydrogen) atoms. The van der Waals surface area contributed by atoms with E-state index in [-0.39, 0.29) is 0 Å². The molecular weight excluding hydrogens is 172 g/mol. The Kier molecular flexibility index (Phi) is 1.91. The number of nitrogens with zero attached hydrogens (tertiary/aromatic N) is 1. The zero-order valence-corrected chi connectivity index (χ0v) is 7.17. The van der Waals surface area contributed by atoms with Crippen LogP contribution in [0.4, 0.5) is 11.4 Å². The predicted molar refractivity (Wildman–Crippen MR) is 51.1 cm³/mol. The lowest BCUT2D eigenvalue weighted by molar-refractivity contribution is -0.107. The van der Waals surface area contributed by atoms with Crippen molar-refractivity contribution in [2.75, 3.05) is 15.5 Å². The number of rotatable bonds is 1. The van der Waals surface area contributed by atoms with E-state index in [9.17, 15) is 4.79 Å². The van der Waals surface area contributed by atoms with Gasteiger partial charge in [-0.2, -0.15) is 0 Å². The van der Waals surface area contributed by atoms with Gasteiger partial charge in [0.25, 0.3) is 0 Å². The van der Waals surface area contributed by atoms with Crippen molar-refractivity contribution in [2.45, 2.75) is 0 Å². The van der Waals surface area contributed by atoms with Gasteiger partial charge in [0.2, 0.25) is 6.41 Å². The van der Waals surface area contributed by atoms with Crippen molar-refractivity contribution >= 4 is 29.7 Å². The first kappa shape index (κ1) is 7.49. The molecule has 0 bridgehead atoms. The summed E-state index contributed by atoms with van der Waals surface area (Å²) in [7, 11) is 0.